The Balaban J connectivity index is 0.00000144. The smallest absolute Gasteiger partial charge is 0.246 e. The molecule has 1 heterocycles. The maximum absolute atomic E-state index is 11.6. The number of carbonyl (C=O) groups is 1. The fourth-order valence-electron chi connectivity index (χ4n) is 1.32. The summed E-state index contributed by atoms with van der Waals surface area (Å²) in [5.74, 6) is 0.403. The van der Waals surface area contributed by atoms with Gasteiger partial charge in [-0.15, -0.1) is 22.6 Å². The summed E-state index contributed by atoms with van der Waals surface area (Å²) in [5, 5.41) is 12.2. The van der Waals surface area contributed by atoms with E-state index in [4.69, 9.17) is 5.73 Å². The number of carbonyl (C=O) groups excluding carboxylic acids is 1. The third kappa shape index (κ3) is 3.62. The Bertz CT molecular complexity index is 403. The molecule has 1 aromatic rings. The predicted molar refractivity (Wildman–Crippen MR) is 70.5 cm³/mol. The Labute approximate surface area is 111 Å². The number of halogens is 1. The molecular weight excluding hydrogens is 260 g/mol. The third-order valence-corrected chi connectivity index (χ3v) is 3.37. The molecule has 3 N–H and O–H groups in total. The number of rotatable bonds is 4. The fourth-order valence-corrected chi connectivity index (χ4v) is 2.27. The molecule has 1 saturated carbocycles. The molecule has 0 atom stereocenters. The summed E-state index contributed by atoms with van der Waals surface area (Å²) in [6.07, 6.45) is 2.41. The minimum atomic E-state index is -0.649. The van der Waals surface area contributed by atoms with Crippen molar-refractivity contribution in [2.45, 2.75) is 38.6 Å². The second kappa shape index (κ2) is 5.29. The number of nitrogens with two attached hydrogens (primary N) is 1. The summed E-state index contributed by atoms with van der Waals surface area (Å²) < 4.78 is 0. The lowest BCUT2D eigenvalue weighted by Crippen LogP contribution is -2.37. The zero-order valence-corrected chi connectivity index (χ0v) is 11.5. The van der Waals surface area contributed by atoms with Crippen LogP contribution in [-0.4, -0.2) is 21.6 Å². The zero-order chi connectivity index (χ0) is 11.8. The number of aromatic nitrogens is 2. The first-order valence-electron chi connectivity index (χ1n) is 5.42. The van der Waals surface area contributed by atoms with E-state index in [-0.39, 0.29) is 18.3 Å². The van der Waals surface area contributed by atoms with E-state index in [9.17, 15) is 4.79 Å². The van der Waals surface area contributed by atoms with Crippen molar-refractivity contribution >= 4 is 34.8 Å². The van der Waals surface area contributed by atoms with Crippen molar-refractivity contribution in [3.63, 3.8) is 0 Å². The number of nitrogens with one attached hydrogen (secondary N) is 1. The quantitative estimate of drug-likeness (QED) is 0.875. The Morgan fingerprint density at radius 2 is 2.18 bits per heavy atom. The summed E-state index contributed by atoms with van der Waals surface area (Å²) in [6.45, 7) is 4.25. The Hall–Kier alpha value is -0.720. The SMILES string of the molecule is CC(C)Cc1nnc(NC(=O)C2(N)CC2)s1.Cl. The van der Waals surface area contributed by atoms with Gasteiger partial charge in [0.25, 0.3) is 0 Å². The molecule has 7 heteroatoms. The first-order chi connectivity index (χ1) is 7.49. The van der Waals surface area contributed by atoms with Crippen molar-refractivity contribution in [3.05, 3.63) is 5.01 Å². The van der Waals surface area contributed by atoms with Gasteiger partial charge in [-0.1, -0.05) is 25.2 Å². The molecule has 1 aromatic heterocycles. The standard InChI is InChI=1S/C10H16N4OS.ClH/c1-6(2)5-7-13-14-9(16-7)12-8(15)10(11)3-4-10;/h6H,3-5,11H2,1-2H3,(H,12,14,15);1H. The van der Waals surface area contributed by atoms with Gasteiger partial charge < -0.3 is 5.73 Å². The van der Waals surface area contributed by atoms with Gasteiger partial charge in [-0.2, -0.15) is 0 Å². The van der Waals surface area contributed by atoms with E-state index in [1.807, 2.05) is 0 Å². The number of anilines is 1. The third-order valence-electron chi connectivity index (χ3n) is 2.51. The predicted octanol–water partition coefficient (Wildman–Crippen LogP) is 1.59. The highest BCUT2D eigenvalue weighted by Crippen LogP contribution is 2.33. The van der Waals surface area contributed by atoms with Crippen molar-refractivity contribution in [3.8, 4) is 0 Å². The normalized spacial score (nSPS) is 16.5. The molecule has 0 bridgehead atoms. The van der Waals surface area contributed by atoms with Crippen LogP contribution in [0.5, 0.6) is 0 Å². The van der Waals surface area contributed by atoms with E-state index in [0.717, 1.165) is 24.3 Å². The van der Waals surface area contributed by atoms with Crippen LogP contribution in [0, 0.1) is 5.92 Å². The first-order valence-corrected chi connectivity index (χ1v) is 6.24. The Morgan fingerprint density at radius 1 is 1.53 bits per heavy atom. The van der Waals surface area contributed by atoms with Crippen molar-refractivity contribution in [2.24, 2.45) is 11.7 Å². The Kier molecular flexibility index (Phi) is 4.46. The van der Waals surface area contributed by atoms with Gasteiger partial charge in [0.15, 0.2) is 0 Å². The molecule has 0 aromatic carbocycles. The fraction of sp³-hybridized carbons (Fsp3) is 0.700. The molecule has 0 aliphatic heterocycles. The molecule has 0 spiro atoms. The summed E-state index contributed by atoms with van der Waals surface area (Å²) in [7, 11) is 0. The summed E-state index contributed by atoms with van der Waals surface area (Å²) in [5.41, 5.74) is 5.12. The molecule has 0 saturated heterocycles. The van der Waals surface area contributed by atoms with Gasteiger partial charge in [-0.05, 0) is 18.8 Å². The van der Waals surface area contributed by atoms with E-state index in [0.29, 0.717) is 11.0 Å². The molecule has 17 heavy (non-hydrogen) atoms. The van der Waals surface area contributed by atoms with E-state index < -0.39 is 5.54 Å². The van der Waals surface area contributed by atoms with Crippen molar-refractivity contribution in [2.75, 3.05) is 5.32 Å². The number of nitrogens with zero attached hydrogens (tertiary/aromatic N) is 2. The highest BCUT2D eigenvalue weighted by Gasteiger charge is 2.46. The minimum Gasteiger partial charge on any atom is -0.317 e. The highest BCUT2D eigenvalue weighted by atomic mass is 35.5. The molecule has 1 aliphatic rings. The lowest BCUT2D eigenvalue weighted by molar-refractivity contribution is -0.118. The van der Waals surface area contributed by atoms with Crippen molar-refractivity contribution in [1.29, 1.82) is 0 Å². The van der Waals surface area contributed by atoms with E-state index in [2.05, 4.69) is 29.4 Å². The largest absolute Gasteiger partial charge is 0.317 e. The van der Waals surface area contributed by atoms with Crippen LogP contribution in [0.4, 0.5) is 5.13 Å². The van der Waals surface area contributed by atoms with E-state index in [1.165, 1.54) is 11.3 Å². The molecule has 5 nitrogen and oxygen atoms in total. The van der Waals surface area contributed by atoms with Gasteiger partial charge in [-0.25, -0.2) is 0 Å². The molecular formula is C10H17ClN4OS. The number of hydrogen-bond acceptors (Lipinski definition) is 5. The first kappa shape index (κ1) is 14.3. The molecule has 0 radical (unpaired) electrons. The van der Waals surface area contributed by atoms with E-state index >= 15 is 0 Å². The average molecular weight is 277 g/mol. The Morgan fingerprint density at radius 3 is 2.71 bits per heavy atom. The monoisotopic (exact) mass is 276 g/mol. The van der Waals surface area contributed by atoms with Crippen LogP contribution < -0.4 is 11.1 Å². The van der Waals surface area contributed by atoms with Gasteiger partial charge in [0, 0.05) is 6.42 Å². The van der Waals surface area contributed by atoms with Crippen LogP contribution in [-0.2, 0) is 11.2 Å². The molecule has 96 valence electrons. The summed E-state index contributed by atoms with van der Waals surface area (Å²) in [4.78, 5) is 11.6. The van der Waals surface area contributed by atoms with Gasteiger partial charge in [0.1, 0.15) is 5.01 Å². The highest BCUT2D eigenvalue weighted by molar-refractivity contribution is 7.15. The summed E-state index contributed by atoms with van der Waals surface area (Å²) in [6, 6.07) is 0. The van der Waals surface area contributed by atoms with Crippen molar-refractivity contribution in [1.82, 2.24) is 10.2 Å². The lowest BCUT2D eigenvalue weighted by Gasteiger charge is -2.06. The van der Waals surface area contributed by atoms with Gasteiger partial charge >= 0.3 is 0 Å². The maximum atomic E-state index is 11.6. The molecule has 2 rings (SSSR count). The topological polar surface area (TPSA) is 80.9 Å². The molecule has 0 unspecified atom stereocenters. The minimum absolute atomic E-state index is 0. The van der Waals surface area contributed by atoms with Crippen LogP contribution >= 0.6 is 23.7 Å². The van der Waals surface area contributed by atoms with E-state index in [1.54, 1.807) is 0 Å². The van der Waals surface area contributed by atoms with Crippen LogP contribution in [0.25, 0.3) is 0 Å². The van der Waals surface area contributed by atoms with Crippen LogP contribution in [0.15, 0.2) is 0 Å². The summed E-state index contributed by atoms with van der Waals surface area (Å²) >= 11 is 1.42. The zero-order valence-electron chi connectivity index (χ0n) is 9.90. The van der Waals surface area contributed by atoms with Gasteiger partial charge in [-0.3, -0.25) is 10.1 Å². The maximum Gasteiger partial charge on any atom is 0.246 e. The number of hydrogen-bond donors (Lipinski definition) is 2. The van der Waals surface area contributed by atoms with Gasteiger partial charge in [0.05, 0.1) is 5.54 Å². The van der Waals surface area contributed by atoms with Crippen LogP contribution in [0.3, 0.4) is 0 Å². The number of amides is 1. The lowest BCUT2D eigenvalue weighted by atomic mass is 10.1. The van der Waals surface area contributed by atoms with Gasteiger partial charge in [0.2, 0.25) is 11.0 Å². The average Bonchev–Trinajstić information content (AvgIpc) is 2.79. The molecule has 1 aliphatic carbocycles. The van der Waals surface area contributed by atoms with Crippen molar-refractivity contribution < 1.29 is 4.79 Å². The second-order valence-electron chi connectivity index (χ2n) is 4.71. The van der Waals surface area contributed by atoms with Crippen LogP contribution in [0.2, 0.25) is 0 Å². The van der Waals surface area contributed by atoms with Crippen LogP contribution in [0.1, 0.15) is 31.7 Å². The molecule has 1 amide bonds. The molecule has 1 fully saturated rings. The second-order valence-corrected chi connectivity index (χ2v) is 5.77.